The fraction of sp³-hybridized carbons (Fsp3) is 0.784. The van der Waals surface area contributed by atoms with Crippen molar-refractivity contribution in [1.29, 1.82) is 0 Å². The number of hydrogen-bond donors (Lipinski definition) is 12. The minimum Gasteiger partial charge on any atom is -0.447 e. The first-order chi connectivity index (χ1) is 33.0. The van der Waals surface area contributed by atoms with Gasteiger partial charge in [-0.15, -0.1) is 24.9 Å². The molecule has 0 bridgehead atoms. The Bertz CT molecular complexity index is 1630. The van der Waals surface area contributed by atoms with Crippen LogP contribution < -0.4 is 37.2 Å². The van der Waals surface area contributed by atoms with E-state index < -0.39 is 41.5 Å². The average molecular weight is 1240 g/mol. The number of Topliss-reactive ketones (excluding diaryl/α,β-unsaturated/α-hetero) is 1. The molecular weight excluding hydrogens is 1130 g/mol. The second-order valence-corrected chi connectivity index (χ2v) is 23.5. The molecule has 0 unspecified atom stereocenters. The molecular formula is C51H104N12O9SY2-4. The molecule has 0 aromatic heterocycles. The summed E-state index contributed by atoms with van der Waals surface area (Å²) in [5, 5.41) is 77.4. The molecule has 24 heteroatoms. The van der Waals surface area contributed by atoms with Crippen LogP contribution in [0, 0.1) is 37.0 Å². The van der Waals surface area contributed by atoms with Gasteiger partial charge in [-0.25, -0.2) is 0 Å². The van der Waals surface area contributed by atoms with Gasteiger partial charge in [0.25, 0.3) is 0 Å². The van der Waals surface area contributed by atoms with E-state index in [1.807, 2.05) is 61.8 Å². The van der Waals surface area contributed by atoms with E-state index in [4.69, 9.17) is 20.8 Å². The zero-order valence-corrected chi connectivity index (χ0v) is 56.7. The normalized spacial score (nSPS) is 13.4. The van der Waals surface area contributed by atoms with E-state index in [0.717, 1.165) is 19.5 Å². The molecule has 21 nitrogen and oxygen atoms in total. The Morgan fingerprint density at radius 2 is 1.07 bits per heavy atom. The molecule has 0 rings (SSSR count). The summed E-state index contributed by atoms with van der Waals surface area (Å²) in [5.41, 5.74) is 0.0452. The first-order valence-electron chi connectivity index (χ1n) is 24.4. The number of ketones is 1. The van der Waals surface area contributed by atoms with Crippen molar-refractivity contribution in [2.24, 2.45) is 37.4 Å². The minimum absolute atomic E-state index is 0. The number of rotatable bonds is 27. The summed E-state index contributed by atoms with van der Waals surface area (Å²) in [7, 11) is 3.41. The van der Waals surface area contributed by atoms with E-state index >= 15 is 0 Å². The molecule has 0 aliphatic heterocycles. The molecule has 2 radical (unpaired) electrons. The van der Waals surface area contributed by atoms with Crippen LogP contribution in [-0.4, -0.2) is 177 Å². The van der Waals surface area contributed by atoms with Crippen LogP contribution >= 0.6 is 11.8 Å². The number of carbonyl (C=O) groups excluding carboxylic acids is 4. The average Bonchev–Trinajstić information content (AvgIpc) is 3.23. The number of aliphatic hydroxyl groups is 1. The summed E-state index contributed by atoms with van der Waals surface area (Å²) in [6.45, 7) is 47.6. The maximum Gasteiger partial charge on any atom is 0.245 e. The summed E-state index contributed by atoms with van der Waals surface area (Å²) < 4.78 is 0. The predicted octanol–water partition coefficient (Wildman–Crippen LogP) is 5.22. The van der Waals surface area contributed by atoms with Crippen LogP contribution in [0.25, 0.3) is 0 Å². The molecule has 3 amide bonds. The fourth-order valence-electron chi connectivity index (χ4n) is 4.57. The van der Waals surface area contributed by atoms with Crippen molar-refractivity contribution in [3.63, 3.8) is 0 Å². The first-order valence-corrected chi connectivity index (χ1v) is 25.6. The maximum atomic E-state index is 12.6. The third-order valence-electron chi connectivity index (χ3n) is 9.73. The molecule has 438 valence electrons. The molecule has 0 saturated heterocycles. The van der Waals surface area contributed by atoms with Crippen LogP contribution in [0.2, 0.25) is 0 Å². The number of oxime groups is 3. The van der Waals surface area contributed by atoms with Crippen molar-refractivity contribution in [2.75, 3.05) is 65.1 Å². The Kier molecular flexibility index (Phi) is 52.4. The SMILES string of the molecule is C/C(=N\O)C(C)(C)NCCCNC(C)(C)[C-]=NO.C/C(=N\O)C(C)(C)NC[CH-]CNC(C)(C)/C(C)=N/O.CC(=O)NCSC[C@H](NC(=O)[C@H](CO)NC(=O)CN(C)C)C(=O)C(C)(C)C.[CH2-]C(C)(C)C.[CH2-]C(C)C.[Y].[Y]. The number of likely N-dealkylation sites (N-methyl/N-ethyl adjacent to an activating group) is 1. The fourth-order valence-corrected chi connectivity index (χ4v) is 5.46. The van der Waals surface area contributed by atoms with Gasteiger partial charge in [0.15, 0.2) is 5.78 Å². The topological polar surface area (TPSA) is 306 Å². The van der Waals surface area contributed by atoms with Gasteiger partial charge < -0.3 is 99.7 Å². The van der Waals surface area contributed by atoms with Gasteiger partial charge in [-0.2, -0.15) is 11.3 Å². The number of aliphatic hydroxyl groups excluding tert-OH is 1. The molecule has 75 heavy (non-hydrogen) atoms. The molecule has 12 N–H and O–H groups in total. The van der Waals surface area contributed by atoms with Crippen LogP contribution in [0.1, 0.15) is 145 Å². The molecule has 0 aromatic rings. The van der Waals surface area contributed by atoms with Gasteiger partial charge in [0.1, 0.15) is 6.04 Å². The van der Waals surface area contributed by atoms with Crippen LogP contribution in [0.4, 0.5) is 0 Å². The third kappa shape index (κ3) is 54.0. The second-order valence-electron chi connectivity index (χ2n) is 22.4. The summed E-state index contributed by atoms with van der Waals surface area (Å²) in [6.07, 6.45) is 5.50. The van der Waals surface area contributed by atoms with Crippen molar-refractivity contribution >= 4 is 58.6 Å². The van der Waals surface area contributed by atoms with Gasteiger partial charge in [0.05, 0.1) is 58.8 Å². The molecule has 0 heterocycles. The van der Waals surface area contributed by atoms with Gasteiger partial charge >= 0.3 is 0 Å². The summed E-state index contributed by atoms with van der Waals surface area (Å²) in [4.78, 5) is 49.5. The Morgan fingerprint density at radius 1 is 0.680 bits per heavy atom. The quantitative estimate of drug-likeness (QED) is 0.0125. The summed E-state index contributed by atoms with van der Waals surface area (Å²) in [5.74, 6) is -0.259. The Hall–Kier alpha value is -1.72. The first kappa shape index (κ1) is 87.1. The number of amides is 3. The zero-order chi connectivity index (χ0) is 58.6. The number of thioether (sulfide) groups is 1. The van der Waals surface area contributed by atoms with E-state index in [0.29, 0.717) is 42.0 Å². The molecule has 0 fully saturated rings. The van der Waals surface area contributed by atoms with Crippen molar-refractivity contribution < 1.29 is 111 Å². The van der Waals surface area contributed by atoms with Crippen molar-refractivity contribution in [3.05, 3.63) is 20.3 Å². The van der Waals surface area contributed by atoms with Gasteiger partial charge in [0, 0.05) is 83.5 Å². The molecule has 0 aromatic carbocycles. The summed E-state index contributed by atoms with van der Waals surface area (Å²) >= 11 is 1.29. The van der Waals surface area contributed by atoms with Gasteiger partial charge in [-0.1, -0.05) is 90.2 Å². The number of hydrogen-bond acceptors (Lipinski definition) is 19. The molecule has 0 spiro atoms. The second kappa shape index (κ2) is 45.1. The Labute approximate surface area is 509 Å². The van der Waals surface area contributed by atoms with E-state index in [1.54, 1.807) is 60.5 Å². The van der Waals surface area contributed by atoms with Crippen molar-refractivity contribution in [3.8, 4) is 0 Å². The maximum absolute atomic E-state index is 12.6. The van der Waals surface area contributed by atoms with E-state index in [1.165, 1.54) is 18.7 Å². The van der Waals surface area contributed by atoms with Crippen molar-refractivity contribution in [2.45, 2.75) is 179 Å². The van der Waals surface area contributed by atoms with Crippen LogP contribution in [0.5, 0.6) is 0 Å². The number of nitrogens with zero attached hydrogens (tertiary/aromatic N) is 5. The number of carbonyl (C=O) groups is 4. The smallest absolute Gasteiger partial charge is 0.245 e. The van der Waals surface area contributed by atoms with Gasteiger partial charge in [-0.3, -0.25) is 19.2 Å². The standard InChI is InChI=1S/C17H32N4O5S.C13H27N4O2.C12H25N4O2.C5H11.C4H9.2Y/c1-11(23)18-10-27-9-13(15(25)17(2,3)4)20-16(26)12(8-22)19-14(24)7-21(5)6;1-10(16-18)12(3,4)14-8-7-9-15-13(5,6)11(2)17-19;1-10(16-18)12(4,5)14-8-6-7-13-11(2,3)9-15-17;1-5(2,3)4;1-4(2)3;;/h12-13,22H,7-10H2,1-6H3,(H,18,23)(H,19,24)(H,20,26);7,14-15,18-19H,8-9H2,1-6H3;13-14,17-18H,6-8H2,1-5H3;1H2,2-4H3;4H,1H2,2-3H3;;/q;4*-1;;/b;16-10+,17-11+;16-10+;;;;/t12-,13-;;;;;;/m0....../s1. The monoisotopic (exact) mass is 1240 g/mol. The molecule has 2 atom stereocenters. The van der Waals surface area contributed by atoms with E-state index in [9.17, 15) is 24.3 Å². The molecule has 0 aliphatic rings. The minimum atomic E-state index is -1.15. The number of nitrogens with one attached hydrogen (secondary N) is 7. The third-order valence-corrected chi connectivity index (χ3v) is 10.6. The van der Waals surface area contributed by atoms with Crippen molar-refractivity contribution in [1.82, 2.24) is 42.1 Å². The van der Waals surface area contributed by atoms with Crippen LogP contribution in [-0.2, 0) is 84.6 Å². The van der Waals surface area contributed by atoms with Gasteiger partial charge in [0.2, 0.25) is 17.7 Å². The molecule has 0 saturated carbocycles. The van der Waals surface area contributed by atoms with E-state index in [-0.39, 0.29) is 111 Å². The Balaban J connectivity index is -0.000000171. The largest absolute Gasteiger partial charge is 0.447 e. The van der Waals surface area contributed by atoms with Gasteiger partial charge in [-0.05, 0) is 95.9 Å². The van der Waals surface area contributed by atoms with Crippen LogP contribution in [0.3, 0.4) is 0 Å². The Morgan fingerprint density at radius 3 is 1.40 bits per heavy atom. The van der Waals surface area contributed by atoms with E-state index in [2.05, 4.69) is 113 Å². The zero-order valence-electron chi connectivity index (χ0n) is 50.3. The summed E-state index contributed by atoms with van der Waals surface area (Å²) in [6, 6.07) is -1.95. The molecule has 0 aliphatic carbocycles. The van der Waals surface area contributed by atoms with Crippen LogP contribution in [0.15, 0.2) is 20.6 Å². The predicted molar refractivity (Wildman–Crippen MR) is 301 cm³/mol.